The lowest BCUT2D eigenvalue weighted by Crippen LogP contribution is -1.93. The Hall–Kier alpha value is -6.18. The molecule has 0 saturated carbocycles. The molecular formula is C46H28O. The zero-order chi connectivity index (χ0) is 37.9. The molecule has 47 heavy (non-hydrogen) atoms. The van der Waals surface area contributed by atoms with Crippen molar-refractivity contribution in [1.82, 2.24) is 0 Å². The predicted molar refractivity (Wildman–Crippen MR) is 200 cm³/mol. The van der Waals surface area contributed by atoms with Gasteiger partial charge in [-0.1, -0.05) is 164 Å². The molecule has 0 radical (unpaired) electrons. The highest BCUT2D eigenvalue weighted by Crippen LogP contribution is 2.48. The van der Waals surface area contributed by atoms with Gasteiger partial charge >= 0.3 is 0 Å². The lowest BCUT2D eigenvalue weighted by atomic mass is 9.83. The molecule has 0 bridgehead atoms. The van der Waals surface area contributed by atoms with E-state index in [0.717, 1.165) is 54.6 Å². The van der Waals surface area contributed by atoms with Crippen molar-refractivity contribution < 1.29 is 15.4 Å². The SMILES string of the molecule is [2H]c1c([2H])c([2H])c2c(-c3ccc(-c4cccc5c4oc4ccccc45)c4ccccc34)c3c([2H])c([2H])c([2H])c([2H])c3c(-c3cccc4ccccc34)c2c1[2H]. The van der Waals surface area contributed by atoms with E-state index >= 15 is 0 Å². The number of hydrogen-bond acceptors (Lipinski definition) is 1. The first-order chi connectivity index (χ1) is 26.7. The Morgan fingerprint density at radius 3 is 1.51 bits per heavy atom. The number of hydrogen-bond donors (Lipinski definition) is 0. The van der Waals surface area contributed by atoms with Crippen molar-refractivity contribution >= 4 is 65.0 Å². The van der Waals surface area contributed by atoms with Gasteiger partial charge < -0.3 is 4.42 Å². The second-order valence-electron chi connectivity index (χ2n) is 11.8. The van der Waals surface area contributed by atoms with Gasteiger partial charge in [-0.2, -0.15) is 0 Å². The number of fused-ring (bicyclic) bond motifs is 7. The zero-order valence-corrected chi connectivity index (χ0v) is 25.0. The van der Waals surface area contributed by atoms with Crippen molar-refractivity contribution in [3.05, 3.63) is 170 Å². The van der Waals surface area contributed by atoms with E-state index in [1.165, 1.54) is 0 Å². The standard InChI is InChI=1S/C46H28O/c1-2-15-30-29(13-1)14-11-23-35(30)44-36-19-5-7-21-38(36)45(39-22-8-6-20-37(39)44)40-28-27-33(31-16-3-4-17-32(31)40)41-24-12-25-42-34-18-9-10-26-43(34)47-46(41)42/h1-28H/i5D,6D,7D,8D,19D,20D,21D,22D. The monoisotopic (exact) mass is 604 g/mol. The first kappa shape index (κ1) is 19.4. The van der Waals surface area contributed by atoms with Crippen LogP contribution in [0.2, 0.25) is 0 Å². The second kappa shape index (κ2) is 10.2. The van der Waals surface area contributed by atoms with Gasteiger partial charge in [0.1, 0.15) is 11.2 Å². The highest BCUT2D eigenvalue weighted by atomic mass is 16.3. The van der Waals surface area contributed by atoms with E-state index in [1.54, 1.807) is 0 Å². The molecule has 0 spiro atoms. The molecule has 1 aromatic heterocycles. The fourth-order valence-corrected chi connectivity index (χ4v) is 7.32. The molecule has 218 valence electrons. The van der Waals surface area contributed by atoms with Gasteiger partial charge in [0.25, 0.3) is 0 Å². The van der Waals surface area contributed by atoms with E-state index in [4.69, 9.17) is 9.90 Å². The van der Waals surface area contributed by atoms with Crippen LogP contribution in [-0.4, -0.2) is 0 Å². The Bertz CT molecular complexity index is 3220. The Morgan fingerprint density at radius 1 is 0.340 bits per heavy atom. The summed E-state index contributed by atoms with van der Waals surface area (Å²) in [6.45, 7) is 0. The van der Waals surface area contributed by atoms with Gasteiger partial charge in [0.15, 0.2) is 0 Å². The van der Waals surface area contributed by atoms with Gasteiger partial charge in [-0.05, 0) is 77.0 Å². The summed E-state index contributed by atoms with van der Waals surface area (Å²) in [4.78, 5) is 0. The van der Waals surface area contributed by atoms with E-state index in [9.17, 15) is 5.48 Å². The molecule has 0 atom stereocenters. The maximum absolute atomic E-state index is 9.47. The number of benzene rings is 9. The van der Waals surface area contributed by atoms with Crippen LogP contribution in [0.5, 0.6) is 0 Å². The summed E-state index contributed by atoms with van der Waals surface area (Å²) in [5.74, 6) is 0. The van der Waals surface area contributed by atoms with E-state index in [2.05, 4.69) is 0 Å². The third kappa shape index (κ3) is 3.84. The summed E-state index contributed by atoms with van der Waals surface area (Å²) in [7, 11) is 0. The molecule has 0 aliphatic rings. The molecule has 0 aliphatic heterocycles. The summed E-state index contributed by atoms with van der Waals surface area (Å²) in [5, 5.41) is 5.99. The fourth-order valence-electron chi connectivity index (χ4n) is 7.32. The van der Waals surface area contributed by atoms with Gasteiger partial charge in [-0.15, -0.1) is 0 Å². The summed E-state index contributed by atoms with van der Waals surface area (Å²) in [5.41, 5.74) is 5.10. The molecule has 1 nitrogen and oxygen atoms in total. The first-order valence-electron chi connectivity index (χ1n) is 19.5. The minimum Gasteiger partial charge on any atom is -0.455 e. The zero-order valence-electron chi connectivity index (χ0n) is 33.0. The predicted octanol–water partition coefficient (Wildman–Crippen LogP) is 13.2. The van der Waals surface area contributed by atoms with Gasteiger partial charge in [0.2, 0.25) is 0 Å². The summed E-state index contributed by atoms with van der Waals surface area (Å²) >= 11 is 0. The Kier molecular flexibility index (Phi) is 4.19. The van der Waals surface area contributed by atoms with Crippen LogP contribution in [0.15, 0.2) is 174 Å². The van der Waals surface area contributed by atoms with Crippen LogP contribution in [0, 0.1) is 0 Å². The average Bonchev–Trinajstić information content (AvgIpc) is 3.61. The van der Waals surface area contributed by atoms with E-state index in [-0.39, 0.29) is 45.7 Å². The molecule has 0 fully saturated rings. The lowest BCUT2D eigenvalue weighted by molar-refractivity contribution is 0.670. The van der Waals surface area contributed by atoms with Gasteiger partial charge in [-0.25, -0.2) is 0 Å². The summed E-state index contributed by atoms with van der Waals surface area (Å²) in [6.07, 6.45) is 0. The van der Waals surface area contributed by atoms with Crippen LogP contribution in [0.1, 0.15) is 11.0 Å². The van der Waals surface area contributed by atoms with E-state index in [1.807, 2.05) is 121 Å². The largest absolute Gasteiger partial charge is 0.455 e. The normalized spacial score (nSPS) is 14.2. The molecule has 9 aromatic carbocycles. The van der Waals surface area contributed by atoms with Crippen molar-refractivity contribution in [2.45, 2.75) is 0 Å². The van der Waals surface area contributed by atoms with Crippen LogP contribution in [0.3, 0.4) is 0 Å². The molecule has 10 aromatic rings. The molecule has 0 saturated heterocycles. The number of para-hydroxylation sites is 2. The third-order valence-corrected chi connectivity index (χ3v) is 9.32. The topological polar surface area (TPSA) is 13.1 Å². The van der Waals surface area contributed by atoms with Crippen LogP contribution in [0.4, 0.5) is 0 Å². The summed E-state index contributed by atoms with van der Waals surface area (Å²) in [6, 6.07) is 36.1. The maximum Gasteiger partial charge on any atom is 0.143 e. The van der Waals surface area contributed by atoms with Gasteiger partial charge in [-0.3, -0.25) is 0 Å². The molecule has 1 heteroatoms. The fraction of sp³-hybridized carbons (Fsp3) is 0. The Labute approximate surface area is 283 Å². The van der Waals surface area contributed by atoms with Crippen molar-refractivity contribution in [3.63, 3.8) is 0 Å². The van der Waals surface area contributed by atoms with Crippen LogP contribution in [0.25, 0.3) is 98.4 Å². The smallest absolute Gasteiger partial charge is 0.143 e. The van der Waals surface area contributed by atoms with Gasteiger partial charge in [0, 0.05) is 16.3 Å². The Morgan fingerprint density at radius 2 is 0.809 bits per heavy atom. The van der Waals surface area contributed by atoms with Crippen molar-refractivity contribution in [1.29, 1.82) is 0 Å². The highest BCUT2D eigenvalue weighted by molar-refractivity contribution is 6.26. The molecule has 0 N–H and O–H groups in total. The average molecular weight is 605 g/mol. The maximum atomic E-state index is 9.47. The number of rotatable bonds is 3. The summed E-state index contributed by atoms with van der Waals surface area (Å²) < 4.78 is 79.7. The van der Waals surface area contributed by atoms with Gasteiger partial charge in [0.05, 0.1) is 11.0 Å². The second-order valence-corrected chi connectivity index (χ2v) is 11.8. The number of furan rings is 1. The van der Waals surface area contributed by atoms with Crippen LogP contribution >= 0.6 is 0 Å². The molecule has 10 rings (SSSR count). The van der Waals surface area contributed by atoms with E-state index in [0.29, 0.717) is 22.3 Å². The van der Waals surface area contributed by atoms with Crippen LogP contribution in [-0.2, 0) is 0 Å². The minimum absolute atomic E-state index is 0.184. The lowest BCUT2D eigenvalue weighted by Gasteiger charge is -2.20. The quantitative estimate of drug-likeness (QED) is 0.183. The van der Waals surface area contributed by atoms with Crippen molar-refractivity contribution in [2.75, 3.05) is 0 Å². The molecule has 0 aliphatic carbocycles. The highest BCUT2D eigenvalue weighted by Gasteiger charge is 2.21. The van der Waals surface area contributed by atoms with E-state index < -0.39 is 24.2 Å². The molecule has 1 heterocycles. The third-order valence-electron chi connectivity index (χ3n) is 9.32. The first-order valence-corrected chi connectivity index (χ1v) is 15.5. The molecule has 0 amide bonds. The van der Waals surface area contributed by atoms with Crippen molar-refractivity contribution in [2.24, 2.45) is 0 Å². The Balaban J connectivity index is 1.42. The van der Waals surface area contributed by atoms with Crippen molar-refractivity contribution in [3.8, 4) is 33.4 Å². The molecular weight excluding hydrogens is 569 g/mol. The molecule has 0 unspecified atom stereocenters. The minimum atomic E-state index is -0.430. The van der Waals surface area contributed by atoms with Crippen LogP contribution < -0.4 is 0 Å².